The highest BCUT2D eigenvalue weighted by atomic mass is 28.5. The third kappa shape index (κ3) is 7.97. The van der Waals surface area contributed by atoms with E-state index in [1.807, 2.05) is 0 Å². The van der Waals surface area contributed by atoms with Gasteiger partial charge in [0.15, 0.2) is 6.17 Å². The van der Waals surface area contributed by atoms with Crippen molar-refractivity contribution >= 4 is 9.08 Å². The van der Waals surface area contributed by atoms with E-state index in [9.17, 15) is 12.3 Å². The smallest absolute Gasteiger partial charge is 0.327 e. The fourth-order valence-electron chi connectivity index (χ4n) is 0.538. The van der Waals surface area contributed by atoms with Crippen LogP contribution in [0.3, 0.4) is 0 Å². The molecule has 0 aromatic rings. The van der Waals surface area contributed by atoms with Crippen LogP contribution in [-0.4, -0.2) is 40.9 Å². The summed E-state index contributed by atoms with van der Waals surface area (Å²) in [7, 11) is -0.694. The number of hydrogen-bond donors (Lipinski definition) is 0. The van der Waals surface area contributed by atoms with Crippen molar-refractivity contribution in [2.75, 3.05) is 27.3 Å². The van der Waals surface area contributed by atoms with Crippen molar-refractivity contribution in [2.24, 2.45) is 0 Å². The zero-order chi connectivity index (χ0) is 7.71. The van der Waals surface area contributed by atoms with E-state index >= 15 is 0 Å². The molecule has 5 heteroatoms. The molecule has 9 heavy (non-hydrogen) atoms. The lowest BCUT2D eigenvalue weighted by Gasteiger charge is -2.23. The number of halogens is 3. The topological polar surface area (TPSA) is 0 Å². The minimum atomic E-state index is -5.32. The standard InChI is InChI=1S/C4H11F3NSi/c1-8(2,3)4-9(5,6)7/h4H2,1-3H3/q+1. The first-order valence-corrected chi connectivity index (χ1v) is 4.42. The summed E-state index contributed by atoms with van der Waals surface area (Å²) >= 11 is 0. The predicted molar refractivity (Wildman–Crippen MR) is 32.0 cm³/mol. The van der Waals surface area contributed by atoms with E-state index in [1.165, 1.54) is 0 Å². The first kappa shape index (κ1) is 8.97. The van der Waals surface area contributed by atoms with Crippen LogP contribution in [0.15, 0.2) is 0 Å². The molecule has 0 amide bonds. The summed E-state index contributed by atoms with van der Waals surface area (Å²) in [5.41, 5.74) is 0. The summed E-state index contributed by atoms with van der Waals surface area (Å²) in [4.78, 5) is 0. The summed E-state index contributed by atoms with van der Waals surface area (Å²) < 4.78 is 35.0. The molecule has 0 atom stereocenters. The largest absolute Gasteiger partial charge is 0.674 e. The minimum Gasteiger partial charge on any atom is -0.327 e. The lowest BCUT2D eigenvalue weighted by Crippen LogP contribution is -2.45. The highest BCUT2D eigenvalue weighted by Crippen LogP contribution is 2.11. The predicted octanol–water partition coefficient (Wildman–Crippen LogP) is 1.08. The van der Waals surface area contributed by atoms with Gasteiger partial charge >= 0.3 is 9.08 Å². The molecule has 0 aliphatic rings. The van der Waals surface area contributed by atoms with Crippen LogP contribution in [0.2, 0.25) is 0 Å². The first-order chi connectivity index (χ1) is 3.71. The third-order valence-electron chi connectivity index (χ3n) is 0.654. The second-order valence-corrected chi connectivity index (χ2v) is 4.61. The van der Waals surface area contributed by atoms with Crippen LogP contribution >= 0.6 is 0 Å². The summed E-state index contributed by atoms with van der Waals surface area (Å²) in [6.45, 7) is 0. The Labute approximate surface area is 54.2 Å². The maximum absolute atomic E-state index is 11.7. The van der Waals surface area contributed by atoms with Crippen LogP contribution in [0.25, 0.3) is 0 Å². The van der Waals surface area contributed by atoms with E-state index in [4.69, 9.17) is 0 Å². The van der Waals surface area contributed by atoms with Crippen molar-refractivity contribution in [1.29, 1.82) is 0 Å². The molecule has 0 rings (SSSR count). The molecule has 0 fully saturated rings. The van der Waals surface area contributed by atoms with Crippen LogP contribution in [0, 0.1) is 0 Å². The molecule has 0 saturated carbocycles. The maximum Gasteiger partial charge on any atom is 0.674 e. The highest BCUT2D eigenvalue weighted by Gasteiger charge is 2.43. The molecule has 0 aromatic heterocycles. The van der Waals surface area contributed by atoms with E-state index in [-0.39, 0.29) is 4.48 Å². The number of hydrogen-bond acceptors (Lipinski definition) is 0. The summed E-state index contributed by atoms with van der Waals surface area (Å²) in [5, 5.41) is 0. The third-order valence-corrected chi connectivity index (χ3v) is 1.96. The molecule has 0 aromatic carbocycles. The van der Waals surface area contributed by atoms with Gasteiger partial charge in [-0.1, -0.05) is 0 Å². The average molecular weight is 158 g/mol. The molecule has 0 heterocycles. The van der Waals surface area contributed by atoms with Gasteiger partial charge in [0.05, 0.1) is 21.1 Å². The highest BCUT2D eigenvalue weighted by molar-refractivity contribution is 6.58. The number of rotatable bonds is 2. The van der Waals surface area contributed by atoms with Gasteiger partial charge in [-0.25, -0.2) is 12.3 Å². The van der Waals surface area contributed by atoms with Gasteiger partial charge < -0.3 is 4.48 Å². The van der Waals surface area contributed by atoms with Crippen molar-refractivity contribution in [3.63, 3.8) is 0 Å². The zero-order valence-corrected chi connectivity index (χ0v) is 6.79. The molecule has 56 valence electrons. The van der Waals surface area contributed by atoms with Crippen molar-refractivity contribution in [3.8, 4) is 0 Å². The molecule has 0 radical (unpaired) electrons. The SMILES string of the molecule is C[N+](C)(C)C[Si](F)(F)F. The number of nitrogens with zero attached hydrogens (tertiary/aromatic N) is 1. The van der Waals surface area contributed by atoms with E-state index < -0.39 is 15.2 Å². The van der Waals surface area contributed by atoms with Crippen molar-refractivity contribution in [1.82, 2.24) is 0 Å². The molecule has 0 saturated heterocycles. The summed E-state index contributed by atoms with van der Waals surface area (Å²) in [6.07, 6.45) is -0.632. The average Bonchev–Trinajstić information content (AvgIpc) is 1.14. The van der Waals surface area contributed by atoms with Gasteiger partial charge in [0, 0.05) is 0 Å². The van der Waals surface area contributed by atoms with Gasteiger partial charge in [-0.3, -0.25) is 0 Å². The molecule has 0 aliphatic heterocycles. The Balaban J connectivity index is 3.75. The lowest BCUT2D eigenvalue weighted by atomic mass is 10.8. The van der Waals surface area contributed by atoms with Crippen LogP contribution in [0.1, 0.15) is 0 Å². The monoisotopic (exact) mass is 158 g/mol. The summed E-state index contributed by atoms with van der Waals surface area (Å²) in [5.74, 6) is 0. The zero-order valence-electron chi connectivity index (χ0n) is 5.79. The van der Waals surface area contributed by atoms with E-state index in [2.05, 4.69) is 0 Å². The second kappa shape index (κ2) is 2.30. The first-order valence-electron chi connectivity index (χ1n) is 2.58. The molecule has 1 nitrogen and oxygen atoms in total. The fourth-order valence-corrected chi connectivity index (χ4v) is 1.61. The molecule has 0 bridgehead atoms. The normalized spacial score (nSPS) is 14.0. The van der Waals surface area contributed by atoms with Crippen LogP contribution in [-0.2, 0) is 0 Å². The molecular formula is C4H11F3NSi+. The van der Waals surface area contributed by atoms with Crippen LogP contribution in [0.4, 0.5) is 12.3 Å². The molecule has 0 N–H and O–H groups in total. The van der Waals surface area contributed by atoms with E-state index in [0.29, 0.717) is 0 Å². The van der Waals surface area contributed by atoms with Gasteiger partial charge in [-0.15, -0.1) is 0 Å². The van der Waals surface area contributed by atoms with Crippen molar-refractivity contribution < 1.29 is 16.8 Å². The van der Waals surface area contributed by atoms with Crippen molar-refractivity contribution in [3.05, 3.63) is 0 Å². The van der Waals surface area contributed by atoms with Gasteiger partial charge in [0.1, 0.15) is 0 Å². The Morgan fingerprint density at radius 2 is 1.44 bits per heavy atom. The van der Waals surface area contributed by atoms with E-state index in [0.717, 1.165) is 0 Å². The Hall–Kier alpha value is -0.0331. The van der Waals surface area contributed by atoms with E-state index in [1.54, 1.807) is 21.1 Å². The molecular weight excluding hydrogens is 147 g/mol. The number of quaternary nitrogens is 1. The lowest BCUT2D eigenvalue weighted by molar-refractivity contribution is -0.861. The van der Waals surface area contributed by atoms with Gasteiger partial charge in [-0.05, 0) is 0 Å². The fraction of sp³-hybridized carbons (Fsp3) is 1.00. The van der Waals surface area contributed by atoms with Gasteiger partial charge in [0.25, 0.3) is 0 Å². The maximum atomic E-state index is 11.7. The Bertz CT molecular complexity index is 81.0. The minimum absolute atomic E-state index is 0.00424. The Morgan fingerprint density at radius 3 is 1.44 bits per heavy atom. The Morgan fingerprint density at radius 1 is 1.11 bits per heavy atom. The van der Waals surface area contributed by atoms with Crippen LogP contribution in [0.5, 0.6) is 0 Å². The van der Waals surface area contributed by atoms with Crippen molar-refractivity contribution in [2.45, 2.75) is 0 Å². The quantitative estimate of drug-likeness (QED) is 0.320. The van der Waals surface area contributed by atoms with Gasteiger partial charge in [-0.2, -0.15) is 0 Å². The molecule has 0 spiro atoms. The van der Waals surface area contributed by atoms with Crippen LogP contribution < -0.4 is 0 Å². The molecule has 0 aliphatic carbocycles. The summed E-state index contributed by atoms with van der Waals surface area (Å²) in [6, 6.07) is 0. The Kier molecular flexibility index (Phi) is 2.29. The second-order valence-electron chi connectivity index (χ2n) is 3.06. The molecule has 0 unspecified atom stereocenters. The van der Waals surface area contributed by atoms with Gasteiger partial charge in [0.2, 0.25) is 0 Å².